The predicted octanol–water partition coefficient (Wildman–Crippen LogP) is 3.82. The summed E-state index contributed by atoms with van der Waals surface area (Å²) in [5.74, 6) is 0. The average Bonchev–Trinajstić information content (AvgIpc) is 2.94. The lowest BCUT2D eigenvalue weighted by Crippen LogP contribution is -2.34. The molecule has 0 bridgehead atoms. The van der Waals surface area contributed by atoms with E-state index in [1.54, 1.807) is 0 Å². The fourth-order valence-electron chi connectivity index (χ4n) is 3.14. The maximum atomic E-state index is 6.02. The van der Waals surface area contributed by atoms with E-state index < -0.39 is 0 Å². The van der Waals surface area contributed by atoms with E-state index in [1.807, 2.05) is 30.5 Å². The highest BCUT2D eigenvalue weighted by Crippen LogP contribution is 2.37. The molecular weight excluding hydrogens is 270 g/mol. The van der Waals surface area contributed by atoms with Crippen LogP contribution in [0.15, 0.2) is 30.5 Å². The van der Waals surface area contributed by atoms with Gasteiger partial charge in [-0.25, -0.2) is 0 Å². The van der Waals surface area contributed by atoms with Gasteiger partial charge < -0.3 is 11.1 Å². The molecule has 0 atom stereocenters. The molecule has 106 valence electrons. The first kappa shape index (κ1) is 13.7. The van der Waals surface area contributed by atoms with Crippen LogP contribution >= 0.6 is 11.6 Å². The summed E-state index contributed by atoms with van der Waals surface area (Å²) in [4.78, 5) is 4.37. The molecule has 0 aliphatic heterocycles. The number of nitrogens with one attached hydrogen (secondary N) is 1. The van der Waals surface area contributed by atoms with Gasteiger partial charge in [0.1, 0.15) is 0 Å². The number of anilines is 1. The van der Waals surface area contributed by atoms with E-state index in [0.29, 0.717) is 0 Å². The first-order valence-corrected chi connectivity index (χ1v) is 7.58. The monoisotopic (exact) mass is 289 g/mol. The van der Waals surface area contributed by atoms with Gasteiger partial charge in [0.15, 0.2) is 0 Å². The van der Waals surface area contributed by atoms with Gasteiger partial charge in [-0.15, -0.1) is 0 Å². The van der Waals surface area contributed by atoms with Crippen LogP contribution < -0.4 is 11.1 Å². The van der Waals surface area contributed by atoms with Gasteiger partial charge >= 0.3 is 0 Å². The Morgan fingerprint density at radius 2 is 2.05 bits per heavy atom. The van der Waals surface area contributed by atoms with Gasteiger partial charge in [0.05, 0.1) is 5.52 Å². The van der Waals surface area contributed by atoms with Crippen molar-refractivity contribution >= 4 is 28.2 Å². The Balaban J connectivity index is 1.84. The lowest BCUT2D eigenvalue weighted by Gasteiger charge is -2.28. The number of rotatable bonds is 4. The van der Waals surface area contributed by atoms with Crippen molar-refractivity contribution in [3.63, 3.8) is 0 Å². The molecule has 0 amide bonds. The Bertz CT molecular complexity index is 606. The Hall–Kier alpha value is -1.32. The minimum absolute atomic E-state index is 0.266. The maximum absolute atomic E-state index is 6.02. The molecule has 1 fully saturated rings. The number of hydrogen-bond donors (Lipinski definition) is 2. The summed E-state index contributed by atoms with van der Waals surface area (Å²) in [6.45, 7) is 1.69. The molecule has 0 unspecified atom stereocenters. The highest BCUT2D eigenvalue weighted by Gasteiger charge is 2.32. The fourth-order valence-corrected chi connectivity index (χ4v) is 3.30. The van der Waals surface area contributed by atoms with Gasteiger partial charge in [-0.05, 0) is 49.1 Å². The molecule has 20 heavy (non-hydrogen) atoms. The van der Waals surface area contributed by atoms with Crippen molar-refractivity contribution in [3.8, 4) is 0 Å². The molecule has 1 aliphatic rings. The molecule has 0 spiro atoms. The molecule has 2 aromatic rings. The largest absolute Gasteiger partial charge is 0.384 e. The summed E-state index contributed by atoms with van der Waals surface area (Å²) in [7, 11) is 0. The molecule has 0 saturated heterocycles. The molecule has 1 aliphatic carbocycles. The lowest BCUT2D eigenvalue weighted by atomic mass is 9.86. The van der Waals surface area contributed by atoms with Crippen molar-refractivity contribution in [1.82, 2.24) is 4.98 Å². The number of aromatic nitrogens is 1. The molecule has 3 nitrogen and oxygen atoms in total. The fraction of sp³-hybridized carbons (Fsp3) is 0.438. The van der Waals surface area contributed by atoms with Gasteiger partial charge in [-0.2, -0.15) is 0 Å². The quantitative estimate of drug-likeness (QED) is 0.899. The maximum Gasteiger partial charge on any atom is 0.0737 e. The lowest BCUT2D eigenvalue weighted by molar-refractivity contribution is 0.332. The van der Waals surface area contributed by atoms with Crippen LogP contribution in [0, 0.1) is 5.41 Å². The van der Waals surface area contributed by atoms with Crippen LogP contribution in [-0.2, 0) is 0 Å². The van der Waals surface area contributed by atoms with Crippen molar-refractivity contribution < 1.29 is 0 Å². The third-order valence-electron chi connectivity index (χ3n) is 4.46. The van der Waals surface area contributed by atoms with E-state index in [9.17, 15) is 0 Å². The normalized spacial score (nSPS) is 17.5. The molecule has 1 heterocycles. The van der Waals surface area contributed by atoms with Crippen molar-refractivity contribution in [1.29, 1.82) is 0 Å². The van der Waals surface area contributed by atoms with E-state index in [4.69, 9.17) is 17.3 Å². The Labute approximate surface area is 124 Å². The molecular formula is C16H20ClN3. The summed E-state index contributed by atoms with van der Waals surface area (Å²) in [5, 5.41) is 5.41. The molecule has 0 radical (unpaired) electrons. The Morgan fingerprint density at radius 1 is 1.25 bits per heavy atom. The highest BCUT2D eigenvalue weighted by molar-refractivity contribution is 6.31. The van der Waals surface area contributed by atoms with Crippen LogP contribution in [0.25, 0.3) is 10.9 Å². The SMILES string of the molecule is NCC1(CNc2ccnc3cc(Cl)ccc23)CCCC1. The van der Waals surface area contributed by atoms with Gasteiger partial charge in [0, 0.05) is 28.8 Å². The molecule has 1 saturated carbocycles. The van der Waals surface area contributed by atoms with Gasteiger partial charge in [0.2, 0.25) is 0 Å². The highest BCUT2D eigenvalue weighted by atomic mass is 35.5. The van der Waals surface area contributed by atoms with Crippen LogP contribution in [0.3, 0.4) is 0 Å². The zero-order valence-electron chi connectivity index (χ0n) is 11.5. The summed E-state index contributed by atoms with van der Waals surface area (Å²) < 4.78 is 0. The number of fused-ring (bicyclic) bond motifs is 1. The van der Waals surface area contributed by atoms with Crippen molar-refractivity contribution in [2.75, 3.05) is 18.4 Å². The van der Waals surface area contributed by atoms with Crippen LogP contribution in [0.2, 0.25) is 5.02 Å². The third-order valence-corrected chi connectivity index (χ3v) is 4.69. The first-order chi connectivity index (χ1) is 9.72. The minimum atomic E-state index is 0.266. The molecule has 3 N–H and O–H groups in total. The van der Waals surface area contributed by atoms with E-state index in [1.165, 1.54) is 25.7 Å². The minimum Gasteiger partial charge on any atom is -0.384 e. The van der Waals surface area contributed by atoms with E-state index in [-0.39, 0.29) is 5.41 Å². The summed E-state index contributed by atoms with van der Waals surface area (Å²) in [5.41, 5.74) is 8.31. The number of benzene rings is 1. The van der Waals surface area contributed by atoms with Crippen molar-refractivity contribution in [3.05, 3.63) is 35.5 Å². The Kier molecular flexibility index (Phi) is 3.81. The zero-order valence-corrected chi connectivity index (χ0v) is 12.3. The van der Waals surface area contributed by atoms with E-state index >= 15 is 0 Å². The van der Waals surface area contributed by atoms with Crippen LogP contribution in [0.1, 0.15) is 25.7 Å². The van der Waals surface area contributed by atoms with Crippen molar-refractivity contribution in [2.45, 2.75) is 25.7 Å². The van der Waals surface area contributed by atoms with Crippen LogP contribution in [0.5, 0.6) is 0 Å². The van der Waals surface area contributed by atoms with Crippen molar-refractivity contribution in [2.24, 2.45) is 11.1 Å². The predicted molar refractivity (Wildman–Crippen MR) is 85.2 cm³/mol. The molecule has 3 rings (SSSR count). The third kappa shape index (κ3) is 2.60. The van der Waals surface area contributed by atoms with Gasteiger partial charge in [0.25, 0.3) is 0 Å². The smallest absolute Gasteiger partial charge is 0.0737 e. The second kappa shape index (κ2) is 5.58. The first-order valence-electron chi connectivity index (χ1n) is 7.21. The Morgan fingerprint density at radius 3 is 2.80 bits per heavy atom. The number of nitrogens with two attached hydrogens (primary N) is 1. The molecule has 1 aromatic carbocycles. The second-order valence-corrected chi connectivity index (χ2v) is 6.22. The number of nitrogens with zero attached hydrogens (tertiary/aromatic N) is 1. The standard InChI is InChI=1S/C16H20ClN3/c17-12-3-4-13-14(5-8-19-15(13)9-12)20-11-16(10-18)6-1-2-7-16/h3-5,8-9H,1-2,6-7,10-11,18H2,(H,19,20). The molecule has 1 aromatic heterocycles. The average molecular weight is 290 g/mol. The second-order valence-electron chi connectivity index (χ2n) is 5.78. The number of pyridine rings is 1. The topological polar surface area (TPSA) is 50.9 Å². The number of hydrogen-bond acceptors (Lipinski definition) is 3. The van der Waals surface area contributed by atoms with E-state index in [2.05, 4.69) is 10.3 Å². The van der Waals surface area contributed by atoms with Crippen LogP contribution in [-0.4, -0.2) is 18.1 Å². The van der Waals surface area contributed by atoms with Crippen LogP contribution in [0.4, 0.5) is 5.69 Å². The summed E-state index contributed by atoms with van der Waals surface area (Å²) in [6.07, 6.45) is 6.87. The zero-order chi connectivity index (χ0) is 14.0. The van der Waals surface area contributed by atoms with Gasteiger partial charge in [-0.3, -0.25) is 4.98 Å². The summed E-state index contributed by atoms with van der Waals surface area (Å²) >= 11 is 6.02. The van der Waals surface area contributed by atoms with Gasteiger partial charge in [-0.1, -0.05) is 24.4 Å². The van der Waals surface area contributed by atoms with E-state index in [0.717, 1.165) is 34.7 Å². The number of halogens is 1. The summed E-state index contributed by atoms with van der Waals surface area (Å²) in [6, 6.07) is 7.85. The molecule has 4 heteroatoms.